The Morgan fingerprint density at radius 2 is 1.82 bits per heavy atom. The smallest absolute Gasteiger partial charge is 0.219 e. The SMILES string of the molecule is CC(C)c1nnc(CCc2ccc(N)cc2)o1. The number of aromatic nitrogens is 2. The van der Waals surface area contributed by atoms with Crippen LogP contribution in [0.5, 0.6) is 0 Å². The summed E-state index contributed by atoms with van der Waals surface area (Å²) in [4.78, 5) is 0. The molecular formula is C13H17N3O. The average Bonchev–Trinajstić information content (AvgIpc) is 2.77. The van der Waals surface area contributed by atoms with Crippen molar-refractivity contribution in [1.82, 2.24) is 10.2 Å². The number of aryl methyl sites for hydroxylation is 2. The summed E-state index contributed by atoms with van der Waals surface area (Å²) in [5.41, 5.74) is 7.64. The third kappa shape index (κ3) is 3.06. The van der Waals surface area contributed by atoms with Gasteiger partial charge in [0.15, 0.2) is 0 Å². The molecule has 2 aromatic rings. The van der Waals surface area contributed by atoms with Gasteiger partial charge in [-0.1, -0.05) is 26.0 Å². The van der Waals surface area contributed by atoms with E-state index >= 15 is 0 Å². The molecule has 90 valence electrons. The molecule has 1 aromatic heterocycles. The topological polar surface area (TPSA) is 64.9 Å². The number of hydrogen-bond donors (Lipinski definition) is 1. The van der Waals surface area contributed by atoms with E-state index in [0.717, 1.165) is 18.5 Å². The molecule has 0 amide bonds. The molecule has 0 aliphatic carbocycles. The van der Waals surface area contributed by atoms with Crippen LogP contribution in [-0.4, -0.2) is 10.2 Å². The summed E-state index contributed by atoms with van der Waals surface area (Å²) in [7, 11) is 0. The van der Waals surface area contributed by atoms with E-state index in [0.29, 0.717) is 11.8 Å². The van der Waals surface area contributed by atoms with Gasteiger partial charge in [-0.15, -0.1) is 10.2 Å². The number of hydrogen-bond acceptors (Lipinski definition) is 4. The fraction of sp³-hybridized carbons (Fsp3) is 0.385. The normalized spacial score (nSPS) is 11.0. The molecular weight excluding hydrogens is 214 g/mol. The van der Waals surface area contributed by atoms with Crippen molar-refractivity contribution in [1.29, 1.82) is 0 Å². The molecule has 2 N–H and O–H groups in total. The van der Waals surface area contributed by atoms with E-state index < -0.39 is 0 Å². The van der Waals surface area contributed by atoms with Crippen molar-refractivity contribution < 1.29 is 4.42 Å². The van der Waals surface area contributed by atoms with Crippen molar-refractivity contribution >= 4 is 5.69 Å². The van der Waals surface area contributed by atoms with E-state index in [9.17, 15) is 0 Å². The number of anilines is 1. The molecule has 0 saturated carbocycles. The summed E-state index contributed by atoms with van der Waals surface area (Å²) in [6, 6.07) is 7.86. The summed E-state index contributed by atoms with van der Waals surface area (Å²) in [6.07, 6.45) is 1.66. The third-order valence-electron chi connectivity index (χ3n) is 2.58. The van der Waals surface area contributed by atoms with Crippen LogP contribution in [0.2, 0.25) is 0 Å². The van der Waals surface area contributed by atoms with Gasteiger partial charge in [0, 0.05) is 18.0 Å². The Bertz CT molecular complexity index is 474. The van der Waals surface area contributed by atoms with Gasteiger partial charge < -0.3 is 10.2 Å². The van der Waals surface area contributed by atoms with E-state index in [1.54, 1.807) is 0 Å². The summed E-state index contributed by atoms with van der Waals surface area (Å²) < 4.78 is 5.54. The third-order valence-corrected chi connectivity index (χ3v) is 2.58. The molecule has 4 nitrogen and oxygen atoms in total. The number of nitrogen functional groups attached to an aromatic ring is 1. The highest BCUT2D eigenvalue weighted by atomic mass is 16.4. The monoisotopic (exact) mass is 231 g/mol. The molecule has 17 heavy (non-hydrogen) atoms. The highest BCUT2D eigenvalue weighted by Crippen LogP contribution is 2.14. The van der Waals surface area contributed by atoms with E-state index in [4.69, 9.17) is 10.2 Å². The Balaban J connectivity index is 1.95. The quantitative estimate of drug-likeness (QED) is 0.821. The zero-order valence-electron chi connectivity index (χ0n) is 10.2. The summed E-state index contributed by atoms with van der Waals surface area (Å²) in [6.45, 7) is 4.08. The van der Waals surface area contributed by atoms with Crippen molar-refractivity contribution in [3.05, 3.63) is 41.6 Å². The highest BCUT2D eigenvalue weighted by molar-refractivity contribution is 5.39. The highest BCUT2D eigenvalue weighted by Gasteiger charge is 2.09. The summed E-state index contributed by atoms with van der Waals surface area (Å²) in [5.74, 6) is 1.69. The molecule has 0 atom stereocenters. The first-order valence-electron chi connectivity index (χ1n) is 5.82. The van der Waals surface area contributed by atoms with Gasteiger partial charge in [0.2, 0.25) is 11.8 Å². The van der Waals surface area contributed by atoms with Gasteiger partial charge in [0.1, 0.15) is 0 Å². The average molecular weight is 231 g/mol. The van der Waals surface area contributed by atoms with Gasteiger partial charge in [-0.25, -0.2) is 0 Å². The van der Waals surface area contributed by atoms with Gasteiger partial charge in [0.25, 0.3) is 0 Å². The molecule has 0 bridgehead atoms. The van der Waals surface area contributed by atoms with Crippen molar-refractivity contribution in [2.75, 3.05) is 5.73 Å². The Hall–Kier alpha value is -1.84. The predicted molar refractivity (Wildman–Crippen MR) is 66.6 cm³/mol. The van der Waals surface area contributed by atoms with Gasteiger partial charge >= 0.3 is 0 Å². The van der Waals surface area contributed by atoms with Crippen LogP contribution < -0.4 is 5.73 Å². The fourth-order valence-electron chi connectivity index (χ4n) is 1.54. The molecule has 0 aliphatic heterocycles. The lowest BCUT2D eigenvalue weighted by molar-refractivity contribution is 0.431. The largest absolute Gasteiger partial charge is 0.425 e. The van der Waals surface area contributed by atoms with Gasteiger partial charge in [-0.2, -0.15) is 0 Å². The number of benzene rings is 1. The molecule has 0 radical (unpaired) electrons. The first kappa shape index (κ1) is 11.6. The van der Waals surface area contributed by atoms with E-state index in [1.807, 2.05) is 38.1 Å². The lowest BCUT2D eigenvalue weighted by Gasteiger charge is -1.99. The predicted octanol–water partition coefficient (Wildman–Crippen LogP) is 2.56. The van der Waals surface area contributed by atoms with Crippen LogP contribution >= 0.6 is 0 Å². The minimum atomic E-state index is 0.285. The van der Waals surface area contributed by atoms with Crippen LogP contribution in [0, 0.1) is 0 Å². The first-order chi connectivity index (χ1) is 8.15. The minimum absolute atomic E-state index is 0.285. The first-order valence-corrected chi connectivity index (χ1v) is 5.82. The molecule has 0 fully saturated rings. The molecule has 1 aromatic carbocycles. The van der Waals surface area contributed by atoms with Crippen LogP contribution in [0.15, 0.2) is 28.7 Å². The molecule has 0 spiro atoms. The summed E-state index contributed by atoms with van der Waals surface area (Å²) in [5, 5.41) is 8.03. The maximum Gasteiger partial charge on any atom is 0.219 e. The Morgan fingerprint density at radius 3 is 2.41 bits per heavy atom. The van der Waals surface area contributed by atoms with Crippen molar-refractivity contribution in [2.24, 2.45) is 0 Å². The molecule has 0 aliphatic rings. The second-order valence-electron chi connectivity index (χ2n) is 4.43. The van der Waals surface area contributed by atoms with Crippen LogP contribution in [0.25, 0.3) is 0 Å². The molecule has 2 rings (SSSR count). The lowest BCUT2D eigenvalue weighted by Crippen LogP contribution is -1.92. The molecule has 0 saturated heterocycles. The lowest BCUT2D eigenvalue weighted by atomic mass is 10.1. The van der Waals surface area contributed by atoms with Crippen LogP contribution in [0.4, 0.5) is 5.69 Å². The molecule has 1 heterocycles. The minimum Gasteiger partial charge on any atom is -0.425 e. The van der Waals surface area contributed by atoms with Crippen LogP contribution in [-0.2, 0) is 12.8 Å². The standard InChI is InChI=1S/C13H17N3O/c1-9(2)13-16-15-12(17-13)8-5-10-3-6-11(14)7-4-10/h3-4,6-7,9H,5,8,14H2,1-2H3. The number of nitrogens with two attached hydrogens (primary N) is 1. The number of nitrogens with zero attached hydrogens (tertiary/aromatic N) is 2. The Labute approximate surface area is 101 Å². The van der Waals surface area contributed by atoms with Crippen molar-refractivity contribution in [3.8, 4) is 0 Å². The second-order valence-corrected chi connectivity index (χ2v) is 4.43. The fourth-order valence-corrected chi connectivity index (χ4v) is 1.54. The second kappa shape index (κ2) is 4.99. The maximum absolute atomic E-state index is 5.63. The van der Waals surface area contributed by atoms with Crippen molar-refractivity contribution in [3.63, 3.8) is 0 Å². The zero-order valence-corrected chi connectivity index (χ0v) is 10.2. The van der Waals surface area contributed by atoms with E-state index in [1.165, 1.54) is 5.56 Å². The number of rotatable bonds is 4. The van der Waals surface area contributed by atoms with Gasteiger partial charge in [-0.3, -0.25) is 0 Å². The van der Waals surface area contributed by atoms with Gasteiger partial charge in [-0.05, 0) is 24.1 Å². The van der Waals surface area contributed by atoms with Crippen LogP contribution in [0.3, 0.4) is 0 Å². The Morgan fingerprint density at radius 1 is 1.12 bits per heavy atom. The van der Waals surface area contributed by atoms with Gasteiger partial charge in [0.05, 0.1) is 0 Å². The maximum atomic E-state index is 5.63. The van der Waals surface area contributed by atoms with Crippen LogP contribution in [0.1, 0.15) is 37.1 Å². The zero-order chi connectivity index (χ0) is 12.3. The summed E-state index contributed by atoms with van der Waals surface area (Å²) >= 11 is 0. The van der Waals surface area contributed by atoms with E-state index in [-0.39, 0.29) is 5.92 Å². The van der Waals surface area contributed by atoms with E-state index in [2.05, 4.69) is 10.2 Å². The molecule has 4 heteroatoms. The Kier molecular flexibility index (Phi) is 3.42. The van der Waals surface area contributed by atoms with Crippen molar-refractivity contribution in [2.45, 2.75) is 32.6 Å². The molecule has 0 unspecified atom stereocenters.